The molecular weight excluding hydrogens is 426 g/mol. The number of anilines is 3. The summed E-state index contributed by atoms with van der Waals surface area (Å²) in [6.45, 7) is 7.83. The highest BCUT2D eigenvalue weighted by Crippen LogP contribution is 2.27. The molecule has 0 aliphatic rings. The van der Waals surface area contributed by atoms with E-state index >= 15 is 0 Å². The lowest BCUT2D eigenvalue weighted by Gasteiger charge is -2.15. The first kappa shape index (κ1) is 26.4. The number of hydrogen-bond acceptors (Lipinski definition) is 11. The number of rotatable bonds is 17. The van der Waals surface area contributed by atoms with Crippen molar-refractivity contribution in [3.63, 3.8) is 0 Å². The topological polar surface area (TPSA) is 138 Å². The highest BCUT2D eigenvalue weighted by atomic mass is 16.5. The molecule has 0 fully saturated rings. The van der Waals surface area contributed by atoms with Gasteiger partial charge in [-0.15, -0.1) is 0 Å². The summed E-state index contributed by atoms with van der Waals surface area (Å²) < 4.78 is 21.5. The lowest BCUT2D eigenvalue weighted by Crippen LogP contribution is -2.19. The van der Waals surface area contributed by atoms with Crippen molar-refractivity contribution >= 4 is 17.8 Å². The number of nitrogens with one attached hydrogen (secondary N) is 3. The average Bonchev–Trinajstić information content (AvgIpc) is 2.84. The molecule has 2 rings (SSSR count). The molecule has 0 saturated carbocycles. The first-order chi connectivity index (χ1) is 16.1. The van der Waals surface area contributed by atoms with E-state index in [2.05, 4.69) is 44.7 Å². The van der Waals surface area contributed by atoms with Crippen molar-refractivity contribution in [2.24, 2.45) is 5.73 Å². The summed E-state index contributed by atoms with van der Waals surface area (Å²) in [5.74, 6) is 2.79. The SMILES string of the molecule is CCC(C)Nc1nc(NCCOCCOCCN)nc(NCc2ccc(OC)c(OC)c2)n1. The Kier molecular flexibility index (Phi) is 12.0. The van der Waals surface area contributed by atoms with Crippen LogP contribution in [-0.4, -0.2) is 74.7 Å². The molecule has 0 aliphatic heterocycles. The minimum absolute atomic E-state index is 0.232. The van der Waals surface area contributed by atoms with Gasteiger partial charge >= 0.3 is 0 Å². The van der Waals surface area contributed by atoms with Gasteiger partial charge in [0.15, 0.2) is 11.5 Å². The third kappa shape index (κ3) is 9.64. The fourth-order valence-electron chi connectivity index (χ4n) is 2.73. The molecule has 1 aromatic carbocycles. The van der Waals surface area contributed by atoms with Gasteiger partial charge in [-0.25, -0.2) is 0 Å². The minimum atomic E-state index is 0.232. The molecule has 2 aromatic rings. The van der Waals surface area contributed by atoms with E-state index in [0.29, 0.717) is 75.4 Å². The summed E-state index contributed by atoms with van der Waals surface area (Å²) in [5, 5.41) is 9.74. The molecule has 5 N–H and O–H groups in total. The van der Waals surface area contributed by atoms with Crippen LogP contribution in [0, 0.1) is 0 Å². The number of aromatic nitrogens is 3. The lowest BCUT2D eigenvalue weighted by atomic mass is 10.2. The zero-order chi connectivity index (χ0) is 23.9. The van der Waals surface area contributed by atoms with E-state index in [-0.39, 0.29) is 6.04 Å². The van der Waals surface area contributed by atoms with Crippen molar-refractivity contribution in [2.75, 3.05) is 69.7 Å². The summed E-state index contributed by atoms with van der Waals surface area (Å²) in [6.07, 6.45) is 0.947. The van der Waals surface area contributed by atoms with Crippen LogP contribution in [0.1, 0.15) is 25.8 Å². The molecule has 0 saturated heterocycles. The largest absolute Gasteiger partial charge is 0.493 e. The maximum Gasteiger partial charge on any atom is 0.229 e. The third-order valence-corrected chi connectivity index (χ3v) is 4.69. The van der Waals surface area contributed by atoms with Gasteiger partial charge in [0.05, 0.1) is 40.6 Å². The Bertz CT molecular complexity index is 825. The summed E-state index contributed by atoms with van der Waals surface area (Å²) in [6, 6.07) is 5.98. The zero-order valence-corrected chi connectivity index (χ0v) is 20.0. The Balaban J connectivity index is 1.97. The molecule has 11 heteroatoms. The number of methoxy groups -OCH3 is 2. The van der Waals surface area contributed by atoms with Crippen molar-refractivity contribution in [3.05, 3.63) is 23.8 Å². The fraction of sp³-hybridized carbons (Fsp3) is 0.591. The van der Waals surface area contributed by atoms with Crippen molar-refractivity contribution in [2.45, 2.75) is 32.9 Å². The molecular formula is C22H37N7O4. The van der Waals surface area contributed by atoms with Gasteiger partial charge in [0.25, 0.3) is 0 Å². The van der Waals surface area contributed by atoms with Crippen molar-refractivity contribution in [3.8, 4) is 11.5 Å². The molecule has 0 radical (unpaired) electrons. The van der Waals surface area contributed by atoms with Crippen molar-refractivity contribution in [1.29, 1.82) is 0 Å². The maximum atomic E-state index is 5.54. The van der Waals surface area contributed by atoms with E-state index in [1.807, 2.05) is 18.2 Å². The normalized spacial score (nSPS) is 11.7. The first-order valence-corrected chi connectivity index (χ1v) is 11.2. The second-order valence-corrected chi connectivity index (χ2v) is 7.24. The molecule has 1 atom stereocenters. The van der Waals surface area contributed by atoms with E-state index in [0.717, 1.165) is 12.0 Å². The highest BCUT2D eigenvalue weighted by molar-refractivity contribution is 5.45. The van der Waals surface area contributed by atoms with Gasteiger partial charge < -0.3 is 40.6 Å². The molecule has 1 aromatic heterocycles. The van der Waals surface area contributed by atoms with Gasteiger partial charge in [0, 0.05) is 25.7 Å². The quantitative estimate of drug-likeness (QED) is 0.257. The van der Waals surface area contributed by atoms with Crippen molar-refractivity contribution < 1.29 is 18.9 Å². The first-order valence-electron chi connectivity index (χ1n) is 11.2. The van der Waals surface area contributed by atoms with Crippen LogP contribution in [0.15, 0.2) is 18.2 Å². The van der Waals surface area contributed by atoms with Crippen LogP contribution in [0.2, 0.25) is 0 Å². The summed E-state index contributed by atoms with van der Waals surface area (Å²) in [4.78, 5) is 13.5. The van der Waals surface area contributed by atoms with Crippen LogP contribution in [0.5, 0.6) is 11.5 Å². The number of nitrogens with two attached hydrogens (primary N) is 1. The summed E-state index contributed by atoms with van der Waals surface area (Å²) in [7, 11) is 3.23. The Labute approximate surface area is 195 Å². The smallest absolute Gasteiger partial charge is 0.229 e. The molecule has 33 heavy (non-hydrogen) atoms. The number of nitrogens with zero attached hydrogens (tertiary/aromatic N) is 3. The van der Waals surface area contributed by atoms with Crippen LogP contribution in [0.3, 0.4) is 0 Å². The van der Waals surface area contributed by atoms with Crippen LogP contribution in [0.4, 0.5) is 17.8 Å². The number of hydrogen-bond donors (Lipinski definition) is 4. The number of benzene rings is 1. The average molecular weight is 464 g/mol. The summed E-state index contributed by atoms with van der Waals surface area (Å²) in [5.41, 5.74) is 6.39. The molecule has 1 unspecified atom stereocenters. The van der Waals surface area contributed by atoms with Gasteiger partial charge in [0.2, 0.25) is 17.8 Å². The van der Waals surface area contributed by atoms with E-state index in [4.69, 9.17) is 24.7 Å². The van der Waals surface area contributed by atoms with E-state index in [1.165, 1.54) is 0 Å². The second kappa shape index (κ2) is 15.0. The fourth-order valence-corrected chi connectivity index (χ4v) is 2.73. The molecule has 0 amide bonds. The lowest BCUT2D eigenvalue weighted by molar-refractivity contribution is 0.0547. The molecule has 1 heterocycles. The highest BCUT2D eigenvalue weighted by Gasteiger charge is 2.10. The maximum absolute atomic E-state index is 5.54. The van der Waals surface area contributed by atoms with E-state index < -0.39 is 0 Å². The molecule has 0 spiro atoms. The molecule has 0 bridgehead atoms. The Hall–Kier alpha value is -2.89. The van der Waals surface area contributed by atoms with Gasteiger partial charge in [-0.1, -0.05) is 13.0 Å². The zero-order valence-electron chi connectivity index (χ0n) is 20.0. The van der Waals surface area contributed by atoms with E-state index in [9.17, 15) is 0 Å². The van der Waals surface area contributed by atoms with Gasteiger partial charge in [-0.3, -0.25) is 0 Å². The molecule has 0 aliphatic carbocycles. The van der Waals surface area contributed by atoms with Gasteiger partial charge in [-0.05, 0) is 31.0 Å². The summed E-state index contributed by atoms with van der Waals surface area (Å²) >= 11 is 0. The Morgan fingerprint density at radius 1 is 0.879 bits per heavy atom. The third-order valence-electron chi connectivity index (χ3n) is 4.69. The molecule has 184 valence electrons. The second-order valence-electron chi connectivity index (χ2n) is 7.24. The van der Waals surface area contributed by atoms with Crippen LogP contribution < -0.4 is 31.2 Å². The van der Waals surface area contributed by atoms with Crippen LogP contribution >= 0.6 is 0 Å². The van der Waals surface area contributed by atoms with Crippen LogP contribution in [-0.2, 0) is 16.0 Å². The van der Waals surface area contributed by atoms with Gasteiger partial charge in [-0.2, -0.15) is 15.0 Å². The van der Waals surface area contributed by atoms with Crippen molar-refractivity contribution in [1.82, 2.24) is 15.0 Å². The predicted octanol–water partition coefficient (Wildman–Crippen LogP) is 2.12. The standard InChI is InChI=1S/C22H37N7O4/c1-5-16(2)26-22-28-20(24-9-11-33-13-12-32-10-8-23)27-21(29-22)25-15-17-6-7-18(30-3)19(14-17)31-4/h6-7,14,16H,5,8-13,15,23H2,1-4H3,(H3,24,25,26,27,28,29). The minimum Gasteiger partial charge on any atom is -0.493 e. The van der Waals surface area contributed by atoms with Crippen LogP contribution in [0.25, 0.3) is 0 Å². The monoisotopic (exact) mass is 463 g/mol. The Morgan fingerprint density at radius 3 is 2.21 bits per heavy atom. The molecule has 11 nitrogen and oxygen atoms in total. The Morgan fingerprint density at radius 2 is 1.55 bits per heavy atom. The number of ether oxygens (including phenoxy) is 4. The van der Waals surface area contributed by atoms with E-state index in [1.54, 1.807) is 14.2 Å². The van der Waals surface area contributed by atoms with Gasteiger partial charge in [0.1, 0.15) is 0 Å². The predicted molar refractivity (Wildman–Crippen MR) is 129 cm³/mol.